The average Bonchev–Trinajstić information content (AvgIpc) is 2.51. The van der Waals surface area contributed by atoms with Crippen molar-refractivity contribution in [3.8, 4) is 0 Å². The lowest BCUT2D eigenvalue weighted by Crippen LogP contribution is -2.02. The second-order valence-corrected chi connectivity index (χ2v) is 4.95. The molecule has 0 heterocycles. The highest BCUT2D eigenvalue weighted by Crippen LogP contribution is 2.41. The van der Waals surface area contributed by atoms with E-state index in [1.165, 1.54) is 12.1 Å². The van der Waals surface area contributed by atoms with Crippen LogP contribution >= 0.6 is 0 Å². The molecule has 110 valence electrons. The summed E-state index contributed by atoms with van der Waals surface area (Å²) < 4.78 is 83.5. The number of hydrogen-bond donors (Lipinski definition) is 0. The topological polar surface area (TPSA) is 0 Å². The fraction of sp³-hybridized carbons (Fsp3) is 0. The molecule has 0 amide bonds. The van der Waals surface area contributed by atoms with Crippen LogP contribution in [0, 0.1) is 34.9 Å². The minimum absolute atomic E-state index is 0.177. The summed E-state index contributed by atoms with van der Waals surface area (Å²) >= 11 is 0. The maximum absolute atomic E-state index is 14.1. The van der Waals surface area contributed by atoms with Gasteiger partial charge in [0.05, 0.1) is 10.8 Å². The largest absolute Gasteiger partial charge is 0.206 e. The van der Waals surface area contributed by atoms with Gasteiger partial charge in [-0.2, -0.15) is 0 Å². The Labute approximate surface area is 118 Å². The van der Waals surface area contributed by atoms with Crippen LogP contribution in [-0.4, -0.2) is 0 Å². The third-order valence-corrected chi connectivity index (χ3v) is 3.86. The molecule has 0 aliphatic rings. The first-order valence-corrected chi connectivity index (χ1v) is 6.21. The van der Waals surface area contributed by atoms with Crippen molar-refractivity contribution >= 4 is 32.3 Å². The minimum Gasteiger partial charge on any atom is -0.206 e. The van der Waals surface area contributed by atoms with Gasteiger partial charge in [-0.1, -0.05) is 18.2 Å². The second-order valence-electron chi connectivity index (χ2n) is 4.95. The van der Waals surface area contributed by atoms with Crippen LogP contribution < -0.4 is 0 Å². The summed E-state index contributed by atoms with van der Waals surface area (Å²) in [4.78, 5) is 0. The van der Waals surface area contributed by atoms with Gasteiger partial charge in [0.2, 0.25) is 0 Å². The Balaban J connectivity index is 2.54. The van der Waals surface area contributed by atoms with E-state index in [4.69, 9.17) is 0 Å². The molecule has 0 nitrogen and oxygen atoms in total. The molecule has 0 aromatic heterocycles. The van der Waals surface area contributed by atoms with Crippen molar-refractivity contribution in [2.45, 2.75) is 0 Å². The zero-order valence-electron chi connectivity index (χ0n) is 10.6. The van der Waals surface area contributed by atoms with Crippen LogP contribution in [0.4, 0.5) is 26.3 Å². The average molecular weight is 310 g/mol. The van der Waals surface area contributed by atoms with E-state index in [9.17, 15) is 26.3 Å². The van der Waals surface area contributed by atoms with Gasteiger partial charge in [0.1, 0.15) is 5.82 Å². The van der Waals surface area contributed by atoms with Crippen LogP contribution in [0.1, 0.15) is 0 Å². The predicted octanol–water partition coefficient (Wildman–Crippen LogP) is 5.42. The first-order chi connectivity index (χ1) is 10.4. The lowest BCUT2D eigenvalue weighted by Gasteiger charge is -2.14. The molecule has 6 heteroatoms. The van der Waals surface area contributed by atoms with Crippen LogP contribution in [-0.2, 0) is 0 Å². The van der Waals surface area contributed by atoms with Gasteiger partial charge in [-0.05, 0) is 11.5 Å². The van der Waals surface area contributed by atoms with Gasteiger partial charge < -0.3 is 0 Å². The fourth-order valence-electron chi connectivity index (χ4n) is 2.91. The van der Waals surface area contributed by atoms with Crippen molar-refractivity contribution in [2.75, 3.05) is 0 Å². The number of rotatable bonds is 0. The molecule has 0 aliphatic carbocycles. The van der Waals surface area contributed by atoms with E-state index in [-0.39, 0.29) is 16.2 Å². The Morgan fingerprint density at radius 3 is 1.77 bits per heavy atom. The molecule has 0 spiro atoms. The summed E-state index contributed by atoms with van der Waals surface area (Å²) in [6, 6.07) is 4.63. The van der Waals surface area contributed by atoms with E-state index in [1.54, 1.807) is 0 Å². The van der Waals surface area contributed by atoms with Gasteiger partial charge in [0.25, 0.3) is 0 Å². The van der Waals surface area contributed by atoms with E-state index in [2.05, 4.69) is 0 Å². The summed E-state index contributed by atoms with van der Waals surface area (Å²) in [6.07, 6.45) is 0. The van der Waals surface area contributed by atoms with Crippen molar-refractivity contribution < 1.29 is 26.3 Å². The van der Waals surface area contributed by atoms with Crippen molar-refractivity contribution in [1.29, 1.82) is 0 Å². The maximum Gasteiger partial charge on any atom is 0.195 e. The molecule has 0 saturated heterocycles. The summed E-state index contributed by atoms with van der Waals surface area (Å²) in [5.41, 5.74) is 0. The predicted molar refractivity (Wildman–Crippen MR) is 69.9 cm³/mol. The number of halogens is 6. The molecule has 0 radical (unpaired) electrons. The Morgan fingerprint density at radius 1 is 0.455 bits per heavy atom. The van der Waals surface area contributed by atoms with E-state index < -0.39 is 51.1 Å². The van der Waals surface area contributed by atoms with Crippen molar-refractivity contribution in [3.05, 3.63) is 59.2 Å². The number of benzene rings is 4. The monoisotopic (exact) mass is 310 g/mol. The van der Waals surface area contributed by atoms with E-state index in [0.29, 0.717) is 0 Å². The van der Waals surface area contributed by atoms with Crippen molar-refractivity contribution in [1.82, 2.24) is 0 Å². The Morgan fingerprint density at radius 2 is 1.05 bits per heavy atom. The quantitative estimate of drug-likeness (QED) is 0.231. The molecule has 4 aromatic rings. The highest BCUT2D eigenvalue weighted by Gasteiger charge is 2.27. The highest BCUT2D eigenvalue weighted by atomic mass is 19.2. The molecule has 4 rings (SSSR count). The third-order valence-electron chi connectivity index (χ3n) is 3.86. The normalized spacial score (nSPS) is 12.1. The van der Waals surface area contributed by atoms with Gasteiger partial charge in [-0.25, -0.2) is 26.3 Å². The molecule has 0 N–H and O–H groups in total. The van der Waals surface area contributed by atoms with Gasteiger partial charge >= 0.3 is 0 Å². The standard InChI is InChI=1S/C16H4F6/c17-7-4-2-5-1-3-6-9-8(5)10(7)13(19)14(20)11(9)15(21)16(22)12(6)18/h1-4H. The molecule has 0 bridgehead atoms. The van der Waals surface area contributed by atoms with Gasteiger partial charge in [0, 0.05) is 16.2 Å². The lowest BCUT2D eigenvalue weighted by atomic mass is 9.92. The van der Waals surface area contributed by atoms with Crippen LogP contribution in [0.5, 0.6) is 0 Å². The van der Waals surface area contributed by atoms with Gasteiger partial charge in [-0.3, -0.25) is 0 Å². The molecule has 22 heavy (non-hydrogen) atoms. The SMILES string of the molecule is Fc1c(F)c2ccc3ccc(F)c4c(F)c(F)c(c1F)c2c34. The van der Waals surface area contributed by atoms with Crippen LogP contribution in [0.15, 0.2) is 24.3 Å². The molecular weight excluding hydrogens is 306 g/mol. The first-order valence-electron chi connectivity index (χ1n) is 6.21. The Kier molecular flexibility index (Phi) is 2.41. The van der Waals surface area contributed by atoms with Crippen LogP contribution in [0.2, 0.25) is 0 Å². The molecule has 0 atom stereocenters. The summed E-state index contributed by atoms with van der Waals surface area (Å²) in [6.45, 7) is 0. The molecular formula is C16H4F6. The minimum atomic E-state index is -1.90. The summed E-state index contributed by atoms with van der Waals surface area (Å²) in [7, 11) is 0. The van der Waals surface area contributed by atoms with Crippen molar-refractivity contribution in [2.24, 2.45) is 0 Å². The van der Waals surface area contributed by atoms with Gasteiger partial charge in [-0.15, -0.1) is 0 Å². The van der Waals surface area contributed by atoms with E-state index in [0.717, 1.165) is 12.1 Å². The molecule has 0 fully saturated rings. The van der Waals surface area contributed by atoms with E-state index in [1.807, 2.05) is 0 Å². The Bertz CT molecular complexity index is 1080. The zero-order chi connectivity index (χ0) is 15.8. The maximum atomic E-state index is 14.1. The first kappa shape index (κ1) is 13.2. The van der Waals surface area contributed by atoms with Crippen molar-refractivity contribution in [3.63, 3.8) is 0 Å². The highest BCUT2D eigenvalue weighted by molar-refractivity contribution is 6.23. The Hall–Kier alpha value is -2.50. The zero-order valence-corrected chi connectivity index (χ0v) is 10.6. The fourth-order valence-corrected chi connectivity index (χ4v) is 2.91. The lowest BCUT2D eigenvalue weighted by molar-refractivity contribution is 0.453. The number of hydrogen-bond acceptors (Lipinski definition) is 0. The van der Waals surface area contributed by atoms with Crippen LogP contribution in [0.3, 0.4) is 0 Å². The smallest absolute Gasteiger partial charge is 0.195 e. The second kappa shape index (κ2) is 4.03. The summed E-state index contributed by atoms with van der Waals surface area (Å²) in [5, 5.41) is -2.45. The van der Waals surface area contributed by atoms with Gasteiger partial charge in [0.15, 0.2) is 29.1 Å². The molecule has 0 saturated carbocycles. The van der Waals surface area contributed by atoms with Crippen LogP contribution in [0.25, 0.3) is 32.3 Å². The molecule has 0 unspecified atom stereocenters. The molecule has 0 aliphatic heterocycles. The van der Waals surface area contributed by atoms with E-state index >= 15 is 0 Å². The summed E-state index contributed by atoms with van der Waals surface area (Å²) in [5.74, 6) is -9.70. The molecule has 4 aromatic carbocycles. The third kappa shape index (κ3) is 1.35.